The number of fused-ring (bicyclic) bond motifs is 7. The number of hydrogen-bond acceptors (Lipinski definition) is 6. The van der Waals surface area contributed by atoms with Gasteiger partial charge in [0.2, 0.25) is 0 Å². The van der Waals surface area contributed by atoms with Crippen molar-refractivity contribution in [1.29, 1.82) is 5.26 Å². The molecular weight excluding hydrogens is 1220 g/mol. The second-order valence-corrected chi connectivity index (χ2v) is 25.2. The van der Waals surface area contributed by atoms with Crippen LogP contribution in [-0.4, -0.2) is 19.5 Å². The fourth-order valence-corrected chi connectivity index (χ4v) is 12.0. The smallest absolute Gasteiger partial charge is 0.136 e. The van der Waals surface area contributed by atoms with Crippen LogP contribution in [0.4, 0.5) is 0 Å². The zero-order valence-corrected chi connectivity index (χ0v) is 53.8. The topological polar surface area (TPSA) is 93.7 Å². The molecule has 0 saturated heterocycles. The molecule has 0 N–H and O–H groups in total. The standard InChI is InChI=1S/C63H62N3O2.C14H15N2.Ir/c1-32(2)42-25-47(33(3)4)59(48(26-42)34(5)6)57-39(13)22-43(23-40(57)14)44-27-49(35(7)8)61(50(28-44)36(9)10)66-60-38(12)16-15-17-53(60)65-63(66)46-20-18-37(11)58-52-30-55-51(29-56(52)68-62(46)58)45-21-19-41(31-64)24-54(45)67-55;1-14(2,3)12-9-10-15-13(16-12)11-7-5-4-6-8-11;/h15-19,21-30,32-36H,1-14H3;4-7,9-10H,1-3H3;/q2*-1;/i11D3,12D3;;. The van der Waals surface area contributed by atoms with Gasteiger partial charge in [-0.1, -0.05) is 144 Å². The van der Waals surface area contributed by atoms with Crippen LogP contribution in [0.2, 0.25) is 0 Å². The van der Waals surface area contributed by atoms with Gasteiger partial charge in [-0.05, 0) is 172 Å². The number of benzene rings is 8. The van der Waals surface area contributed by atoms with E-state index in [0.29, 0.717) is 73.3 Å². The Hall–Kier alpha value is -7.95. The van der Waals surface area contributed by atoms with E-state index in [1.165, 1.54) is 45.0 Å². The van der Waals surface area contributed by atoms with Crippen molar-refractivity contribution in [3.8, 4) is 56.8 Å². The number of rotatable bonds is 10. The van der Waals surface area contributed by atoms with E-state index in [0.717, 1.165) is 55.8 Å². The molecular formula is C77H77IrN5O2-2. The number of nitrogens with zero attached hydrogens (tertiary/aromatic N) is 5. The largest absolute Gasteiger partial charge is 0.501 e. The van der Waals surface area contributed by atoms with E-state index >= 15 is 0 Å². The summed E-state index contributed by atoms with van der Waals surface area (Å²) in [6.45, 7) is 28.2. The maximum absolute atomic E-state index is 9.59. The van der Waals surface area contributed by atoms with Gasteiger partial charge in [0, 0.05) is 67.5 Å². The van der Waals surface area contributed by atoms with E-state index in [4.69, 9.17) is 22.0 Å². The number of furan rings is 2. The van der Waals surface area contributed by atoms with Gasteiger partial charge >= 0.3 is 0 Å². The summed E-state index contributed by atoms with van der Waals surface area (Å²) >= 11 is 0. The minimum absolute atomic E-state index is 0. The SMILES string of the molecule is CC(C)(C)c1ccnc(-c2[c-]cccc2)n1.[2H]C([2H])([2H])c1c[c-]c(-c2nc3cccc(C([2H])([2H])[2H])c3n2-c2c(C(C)C)cc(-c3cc(C)c(-c4c(C(C)C)cc(C(C)C)cc4C(C)C)c(C)c3)cc2C(C)C)c2oc3cc4c(cc3c12)oc1cc(C#N)ccc14.[Ir]. The van der Waals surface area contributed by atoms with Crippen molar-refractivity contribution in [2.75, 3.05) is 0 Å². The third kappa shape index (κ3) is 11.1. The minimum Gasteiger partial charge on any atom is -0.501 e. The Bertz CT molecular complexity index is 4740. The molecule has 0 saturated carbocycles. The molecule has 8 aromatic carbocycles. The molecule has 0 fully saturated rings. The Kier molecular flexibility index (Phi) is 14.5. The zero-order chi connectivity index (χ0) is 64.8. The molecule has 0 unspecified atom stereocenters. The van der Waals surface area contributed by atoms with Gasteiger partial charge in [0.15, 0.2) is 0 Å². The van der Waals surface area contributed by atoms with Gasteiger partial charge in [-0.25, -0.2) is 0 Å². The van der Waals surface area contributed by atoms with Crippen molar-refractivity contribution < 1.29 is 37.2 Å². The Morgan fingerprint density at radius 1 is 0.600 bits per heavy atom. The van der Waals surface area contributed by atoms with Gasteiger partial charge in [0.05, 0.1) is 39.9 Å². The van der Waals surface area contributed by atoms with E-state index in [1.807, 2.05) is 59.3 Å². The fraction of sp³-hybridized carbons (Fsp3) is 0.299. The summed E-state index contributed by atoms with van der Waals surface area (Å²) in [6, 6.07) is 48.0. The first kappa shape index (κ1) is 52.6. The van der Waals surface area contributed by atoms with Crippen LogP contribution in [0.3, 0.4) is 0 Å². The summed E-state index contributed by atoms with van der Waals surface area (Å²) in [5.41, 5.74) is 19.7. The fourth-order valence-electron chi connectivity index (χ4n) is 12.0. The zero-order valence-electron chi connectivity index (χ0n) is 57.4. The van der Waals surface area contributed by atoms with Gasteiger partial charge < -0.3 is 13.4 Å². The van der Waals surface area contributed by atoms with E-state index in [2.05, 4.69) is 168 Å². The van der Waals surface area contributed by atoms with Crippen molar-refractivity contribution >= 4 is 54.9 Å². The molecule has 0 aliphatic carbocycles. The molecule has 0 bridgehead atoms. The van der Waals surface area contributed by atoms with Gasteiger partial charge in [-0.15, -0.1) is 53.6 Å². The number of nitriles is 1. The molecule has 433 valence electrons. The van der Waals surface area contributed by atoms with Crippen LogP contribution < -0.4 is 0 Å². The van der Waals surface area contributed by atoms with Crippen LogP contribution in [0, 0.1) is 51.0 Å². The van der Waals surface area contributed by atoms with Gasteiger partial charge in [0.25, 0.3) is 0 Å². The summed E-state index contributed by atoms with van der Waals surface area (Å²) in [5, 5.41) is 12.0. The number of imidazole rings is 1. The Morgan fingerprint density at radius 2 is 1.24 bits per heavy atom. The van der Waals surface area contributed by atoms with Gasteiger partial charge in [0.1, 0.15) is 16.7 Å². The monoisotopic (exact) mass is 1300 g/mol. The third-order valence-corrected chi connectivity index (χ3v) is 16.4. The second kappa shape index (κ2) is 23.5. The number of hydrogen-bond donors (Lipinski definition) is 0. The van der Waals surface area contributed by atoms with Crippen molar-refractivity contribution in [2.24, 2.45) is 0 Å². The predicted octanol–water partition coefficient (Wildman–Crippen LogP) is 21.6. The van der Waals surface area contributed by atoms with Crippen molar-refractivity contribution in [3.05, 3.63) is 201 Å². The van der Waals surface area contributed by atoms with Gasteiger partial charge in [-0.2, -0.15) is 5.26 Å². The van der Waals surface area contributed by atoms with Crippen LogP contribution in [0.1, 0.15) is 189 Å². The maximum Gasteiger partial charge on any atom is 0.136 e. The molecule has 12 rings (SSSR count). The van der Waals surface area contributed by atoms with E-state index in [9.17, 15) is 5.26 Å². The predicted molar refractivity (Wildman–Crippen MR) is 350 cm³/mol. The molecule has 85 heavy (non-hydrogen) atoms. The van der Waals surface area contributed by atoms with E-state index in [1.54, 1.807) is 30.3 Å². The number of aryl methyl sites for hydroxylation is 4. The van der Waals surface area contributed by atoms with E-state index in [-0.39, 0.29) is 54.1 Å². The summed E-state index contributed by atoms with van der Waals surface area (Å²) in [5.74, 6) is 2.10. The second-order valence-electron chi connectivity index (χ2n) is 25.2. The van der Waals surface area contributed by atoms with Crippen molar-refractivity contribution in [2.45, 2.75) is 153 Å². The molecule has 0 amide bonds. The summed E-state index contributed by atoms with van der Waals surface area (Å²) in [7, 11) is 0. The number of para-hydroxylation sites is 1. The molecule has 12 aromatic rings. The first-order chi connectivity index (χ1) is 42.4. The first-order valence-corrected chi connectivity index (χ1v) is 29.4. The molecule has 0 atom stereocenters. The summed E-state index contributed by atoms with van der Waals surface area (Å²) in [4.78, 5) is 14.1. The average Bonchev–Trinajstić information content (AvgIpc) is 1.62. The maximum atomic E-state index is 9.59. The molecule has 1 radical (unpaired) electrons. The minimum atomic E-state index is -2.56. The van der Waals surface area contributed by atoms with Crippen molar-refractivity contribution in [1.82, 2.24) is 19.5 Å². The average molecular weight is 1300 g/mol. The number of aromatic nitrogens is 4. The molecule has 8 heteroatoms. The van der Waals surface area contributed by atoms with E-state index < -0.39 is 13.7 Å². The molecule has 0 aliphatic rings. The van der Waals surface area contributed by atoms with Crippen LogP contribution in [0.25, 0.3) is 106 Å². The van der Waals surface area contributed by atoms with Crippen LogP contribution in [0.5, 0.6) is 0 Å². The molecule has 0 spiro atoms. The normalized spacial score (nSPS) is 13.4. The summed E-state index contributed by atoms with van der Waals surface area (Å²) < 4.78 is 68.0. The Morgan fingerprint density at radius 3 is 1.84 bits per heavy atom. The summed E-state index contributed by atoms with van der Waals surface area (Å²) in [6.07, 6.45) is 1.81. The van der Waals surface area contributed by atoms with Crippen LogP contribution in [-0.2, 0) is 25.5 Å². The molecule has 7 nitrogen and oxygen atoms in total. The van der Waals surface area contributed by atoms with Crippen LogP contribution >= 0.6 is 0 Å². The van der Waals surface area contributed by atoms with Crippen LogP contribution in [0.15, 0.2) is 136 Å². The molecule has 0 aliphatic heterocycles. The quantitative estimate of drug-likeness (QED) is 0.127. The molecule has 4 heterocycles. The Balaban J connectivity index is 0.000000464. The van der Waals surface area contributed by atoms with Crippen molar-refractivity contribution in [3.63, 3.8) is 0 Å². The third-order valence-electron chi connectivity index (χ3n) is 16.4. The first-order valence-electron chi connectivity index (χ1n) is 32.4. The molecule has 4 aromatic heterocycles. The Labute approximate surface area is 524 Å². The van der Waals surface area contributed by atoms with Gasteiger partial charge in [-0.3, -0.25) is 15.0 Å².